The largest absolute Gasteiger partial charge is 0.466 e. The molecule has 1 rings (SSSR count). The molecule has 0 heterocycles. The van der Waals surface area contributed by atoms with E-state index in [2.05, 4.69) is 0 Å². The van der Waals surface area contributed by atoms with Crippen LogP contribution in [-0.4, -0.2) is 27.2 Å². The number of benzene rings is 1. The van der Waals surface area contributed by atoms with Gasteiger partial charge in [0.05, 0.1) is 25.9 Å². The van der Waals surface area contributed by atoms with Gasteiger partial charge >= 0.3 is 5.97 Å². The molecule has 0 N–H and O–H groups in total. The molecular formula is C14H20O5S. The molecule has 0 amide bonds. The van der Waals surface area contributed by atoms with Crippen molar-refractivity contribution >= 4 is 16.1 Å². The Hall–Kier alpha value is -1.40. The molecule has 0 fully saturated rings. The number of carbonyl (C=O) groups is 1. The molecule has 0 saturated heterocycles. The van der Waals surface area contributed by atoms with E-state index in [1.54, 1.807) is 19.1 Å². The van der Waals surface area contributed by atoms with Crippen molar-refractivity contribution in [2.45, 2.75) is 32.8 Å². The Morgan fingerprint density at radius 1 is 1.25 bits per heavy atom. The van der Waals surface area contributed by atoms with E-state index < -0.39 is 10.1 Å². The minimum Gasteiger partial charge on any atom is -0.466 e. The molecule has 0 unspecified atom stereocenters. The standard InChI is InChI=1S/C14H20O5S/c1-4-18-14(15)9-11(2)13-7-5-12(6-8-13)10-19-20(3,16)17/h5-8,11H,4,9-10H2,1-3H3/t11-/m0/s1. The molecule has 6 heteroatoms. The van der Waals surface area contributed by atoms with Gasteiger partial charge in [-0.05, 0) is 24.0 Å². The Labute approximate surface area is 120 Å². The zero-order valence-electron chi connectivity index (χ0n) is 12.0. The van der Waals surface area contributed by atoms with Crippen molar-refractivity contribution in [1.29, 1.82) is 0 Å². The van der Waals surface area contributed by atoms with Crippen molar-refractivity contribution in [2.24, 2.45) is 0 Å². The molecule has 0 aliphatic carbocycles. The maximum Gasteiger partial charge on any atom is 0.306 e. The molecule has 0 aliphatic heterocycles. The summed E-state index contributed by atoms with van der Waals surface area (Å²) in [7, 11) is -3.43. The maximum atomic E-state index is 11.4. The second-order valence-electron chi connectivity index (χ2n) is 4.62. The van der Waals surface area contributed by atoms with E-state index in [0.29, 0.717) is 13.0 Å². The van der Waals surface area contributed by atoms with Gasteiger partial charge in [0.1, 0.15) is 0 Å². The van der Waals surface area contributed by atoms with Crippen LogP contribution in [0.1, 0.15) is 37.3 Å². The molecule has 1 aromatic rings. The first-order valence-corrected chi connectivity index (χ1v) is 8.22. The van der Waals surface area contributed by atoms with Crippen molar-refractivity contribution in [3.8, 4) is 0 Å². The first kappa shape index (κ1) is 16.7. The molecular weight excluding hydrogens is 280 g/mol. The van der Waals surface area contributed by atoms with Gasteiger partial charge in [0.25, 0.3) is 10.1 Å². The number of hydrogen-bond acceptors (Lipinski definition) is 5. The van der Waals surface area contributed by atoms with Gasteiger partial charge in [0.2, 0.25) is 0 Å². The Kier molecular flexibility index (Phi) is 6.16. The van der Waals surface area contributed by atoms with Crippen molar-refractivity contribution in [3.05, 3.63) is 35.4 Å². The molecule has 112 valence electrons. The average molecular weight is 300 g/mol. The molecule has 1 aromatic carbocycles. The summed E-state index contributed by atoms with van der Waals surface area (Å²) in [6.45, 7) is 4.12. The lowest BCUT2D eigenvalue weighted by Gasteiger charge is -2.11. The fourth-order valence-electron chi connectivity index (χ4n) is 1.71. The second kappa shape index (κ2) is 7.40. The lowest BCUT2D eigenvalue weighted by molar-refractivity contribution is -0.143. The summed E-state index contributed by atoms with van der Waals surface area (Å²) < 4.78 is 31.4. The van der Waals surface area contributed by atoms with E-state index >= 15 is 0 Å². The molecule has 0 aliphatic rings. The Morgan fingerprint density at radius 3 is 2.35 bits per heavy atom. The van der Waals surface area contributed by atoms with Crippen molar-refractivity contribution < 1.29 is 22.1 Å². The number of carbonyl (C=O) groups excluding carboxylic acids is 1. The second-order valence-corrected chi connectivity index (χ2v) is 6.26. The first-order valence-electron chi connectivity index (χ1n) is 6.40. The van der Waals surface area contributed by atoms with Crippen LogP contribution in [0.4, 0.5) is 0 Å². The fraction of sp³-hybridized carbons (Fsp3) is 0.500. The minimum atomic E-state index is -3.43. The quantitative estimate of drug-likeness (QED) is 0.570. The molecule has 0 radical (unpaired) electrons. The van der Waals surface area contributed by atoms with E-state index in [9.17, 15) is 13.2 Å². The summed E-state index contributed by atoms with van der Waals surface area (Å²) in [6.07, 6.45) is 1.34. The smallest absolute Gasteiger partial charge is 0.306 e. The van der Waals surface area contributed by atoms with Crippen LogP contribution < -0.4 is 0 Å². The highest BCUT2D eigenvalue weighted by atomic mass is 32.2. The van der Waals surface area contributed by atoms with Gasteiger partial charge in [-0.2, -0.15) is 8.42 Å². The molecule has 20 heavy (non-hydrogen) atoms. The zero-order valence-corrected chi connectivity index (χ0v) is 12.8. The van der Waals surface area contributed by atoms with Crippen molar-refractivity contribution in [1.82, 2.24) is 0 Å². The number of esters is 1. The van der Waals surface area contributed by atoms with Crippen LogP contribution >= 0.6 is 0 Å². The van der Waals surface area contributed by atoms with Crippen LogP contribution in [0.3, 0.4) is 0 Å². The molecule has 5 nitrogen and oxygen atoms in total. The monoisotopic (exact) mass is 300 g/mol. The fourth-order valence-corrected chi connectivity index (χ4v) is 2.06. The van der Waals surface area contributed by atoms with Gasteiger partial charge in [-0.1, -0.05) is 31.2 Å². The molecule has 0 bridgehead atoms. The maximum absolute atomic E-state index is 11.4. The SMILES string of the molecule is CCOC(=O)C[C@H](C)c1ccc(COS(C)(=O)=O)cc1. The van der Waals surface area contributed by atoms with Crippen molar-refractivity contribution in [3.63, 3.8) is 0 Å². The average Bonchev–Trinajstić information content (AvgIpc) is 2.36. The van der Waals surface area contributed by atoms with Crippen LogP contribution in [0.15, 0.2) is 24.3 Å². The third-order valence-corrected chi connectivity index (χ3v) is 3.31. The van der Waals surface area contributed by atoms with Gasteiger partial charge in [0.15, 0.2) is 0 Å². The molecule has 0 spiro atoms. The highest BCUT2D eigenvalue weighted by Gasteiger charge is 2.12. The van der Waals surface area contributed by atoms with Gasteiger partial charge in [-0.25, -0.2) is 0 Å². The summed E-state index contributed by atoms with van der Waals surface area (Å²) >= 11 is 0. The van der Waals surface area contributed by atoms with Gasteiger partial charge in [0, 0.05) is 0 Å². The van der Waals surface area contributed by atoms with E-state index in [4.69, 9.17) is 8.92 Å². The topological polar surface area (TPSA) is 69.7 Å². The zero-order chi connectivity index (χ0) is 15.2. The summed E-state index contributed by atoms with van der Waals surface area (Å²) in [5.41, 5.74) is 1.77. The minimum absolute atomic E-state index is 0.0192. The predicted molar refractivity (Wildman–Crippen MR) is 75.7 cm³/mol. The molecule has 0 saturated carbocycles. The van der Waals surface area contributed by atoms with E-state index in [1.807, 2.05) is 19.1 Å². The highest BCUT2D eigenvalue weighted by molar-refractivity contribution is 7.85. The number of hydrogen-bond donors (Lipinski definition) is 0. The van der Waals surface area contributed by atoms with Crippen LogP contribution in [0.2, 0.25) is 0 Å². The van der Waals surface area contributed by atoms with E-state index in [-0.39, 0.29) is 18.5 Å². The lowest BCUT2D eigenvalue weighted by Crippen LogP contribution is -2.08. The Bertz CT molecular complexity index is 533. The third-order valence-electron chi connectivity index (χ3n) is 2.77. The Morgan fingerprint density at radius 2 is 1.85 bits per heavy atom. The number of ether oxygens (including phenoxy) is 1. The van der Waals surface area contributed by atoms with Crippen LogP contribution in [0.5, 0.6) is 0 Å². The summed E-state index contributed by atoms with van der Waals surface area (Å²) in [6, 6.07) is 7.32. The van der Waals surface area contributed by atoms with Gasteiger partial charge < -0.3 is 4.74 Å². The summed E-state index contributed by atoms with van der Waals surface area (Å²) in [4.78, 5) is 11.4. The Balaban J connectivity index is 2.59. The normalized spacial score (nSPS) is 12.9. The lowest BCUT2D eigenvalue weighted by atomic mass is 9.97. The highest BCUT2D eigenvalue weighted by Crippen LogP contribution is 2.20. The van der Waals surface area contributed by atoms with Crippen LogP contribution in [-0.2, 0) is 30.4 Å². The van der Waals surface area contributed by atoms with Crippen molar-refractivity contribution in [2.75, 3.05) is 12.9 Å². The van der Waals surface area contributed by atoms with E-state index in [1.165, 1.54) is 0 Å². The third kappa shape index (κ3) is 6.16. The number of rotatable bonds is 7. The van der Waals surface area contributed by atoms with Gasteiger partial charge in [-0.15, -0.1) is 0 Å². The van der Waals surface area contributed by atoms with Gasteiger partial charge in [-0.3, -0.25) is 8.98 Å². The van der Waals surface area contributed by atoms with Crippen LogP contribution in [0.25, 0.3) is 0 Å². The molecule has 1 atom stereocenters. The van der Waals surface area contributed by atoms with Crippen LogP contribution in [0, 0.1) is 0 Å². The first-order chi connectivity index (χ1) is 9.31. The van der Waals surface area contributed by atoms with E-state index in [0.717, 1.165) is 17.4 Å². The summed E-state index contributed by atoms with van der Waals surface area (Å²) in [5.74, 6) is -0.164. The summed E-state index contributed by atoms with van der Waals surface area (Å²) in [5, 5.41) is 0. The predicted octanol–water partition coefficient (Wildman–Crippen LogP) is 2.22. The molecule has 0 aromatic heterocycles.